The maximum atomic E-state index is 13.5. The number of hydrogen-bond acceptors (Lipinski definition) is 6. The zero-order valence-electron chi connectivity index (χ0n) is 24.7. The Morgan fingerprint density at radius 3 is 2.71 bits per heavy atom. The fourth-order valence-electron chi connectivity index (χ4n) is 5.54. The highest BCUT2D eigenvalue weighted by Gasteiger charge is 2.37. The minimum atomic E-state index is -1.11. The number of benzene rings is 2. The summed E-state index contributed by atoms with van der Waals surface area (Å²) in [5.74, 6) is -0.103. The van der Waals surface area contributed by atoms with Crippen LogP contribution in [-0.2, 0) is 20.8 Å². The molecule has 0 bridgehead atoms. The molecule has 2 heterocycles. The van der Waals surface area contributed by atoms with Crippen LogP contribution in [0.2, 0.25) is 0 Å². The highest BCUT2D eigenvalue weighted by atomic mass is 16.5. The third-order valence-corrected chi connectivity index (χ3v) is 7.63. The van der Waals surface area contributed by atoms with Crippen molar-refractivity contribution in [3.8, 4) is 11.5 Å². The summed E-state index contributed by atoms with van der Waals surface area (Å²) in [6.07, 6.45) is 3.05. The number of nitrogens with zero attached hydrogens (tertiary/aromatic N) is 1. The Kier molecular flexibility index (Phi) is 10.8. The number of hydrogen-bond donors (Lipinski definition) is 3. The molecule has 0 aromatic heterocycles. The number of carbonyl (C=O) groups excluding carboxylic acids is 4. The van der Waals surface area contributed by atoms with Crippen LogP contribution in [0.25, 0.3) is 0 Å². The van der Waals surface area contributed by atoms with Gasteiger partial charge in [-0.25, -0.2) is 0 Å². The number of rotatable bonds is 8. The summed E-state index contributed by atoms with van der Waals surface area (Å²) in [6.45, 7) is 5.09. The quantitative estimate of drug-likeness (QED) is 0.414. The Hall–Kier alpha value is -4.08. The van der Waals surface area contributed by atoms with Crippen LogP contribution in [0.4, 0.5) is 0 Å². The average Bonchev–Trinajstić information content (AvgIpc) is 3.48. The molecular formula is C32H42N4O6. The van der Waals surface area contributed by atoms with Gasteiger partial charge in [0, 0.05) is 13.1 Å². The molecule has 0 radical (unpaired) electrons. The first-order valence-corrected chi connectivity index (χ1v) is 14.8. The lowest BCUT2D eigenvalue weighted by molar-refractivity contribution is -0.140. The molecule has 226 valence electrons. The summed E-state index contributed by atoms with van der Waals surface area (Å²) in [5.41, 5.74) is 1.34. The Bertz CT molecular complexity index is 1270. The highest BCUT2D eigenvalue weighted by molar-refractivity contribution is 6.01. The van der Waals surface area contributed by atoms with Gasteiger partial charge >= 0.3 is 0 Å². The van der Waals surface area contributed by atoms with Gasteiger partial charge in [0.25, 0.3) is 5.91 Å². The summed E-state index contributed by atoms with van der Waals surface area (Å²) >= 11 is 0. The van der Waals surface area contributed by atoms with E-state index in [1.54, 1.807) is 31.4 Å². The smallest absolute Gasteiger partial charge is 0.255 e. The number of methoxy groups -OCH3 is 1. The minimum absolute atomic E-state index is 0.173. The molecule has 2 aromatic carbocycles. The van der Waals surface area contributed by atoms with E-state index in [0.717, 1.165) is 17.7 Å². The molecule has 0 unspecified atom stereocenters. The maximum Gasteiger partial charge on any atom is 0.255 e. The van der Waals surface area contributed by atoms with Crippen LogP contribution in [0, 0.1) is 5.92 Å². The molecule has 3 N–H and O–H groups in total. The van der Waals surface area contributed by atoms with E-state index in [0.29, 0.717) is 50.4 Å². The molecule has 10 heteroatoms. The highest BCUT2D eigenvalue weighted by Crippen LogP contribution is 2.23. The van der Waals surface area contributed by atoms with Crippen LogP contribution in [0.15, 0.2) is 48.5 Å². The SMILES string of the molecule is COc1cccc(CCCNC(=O)[C@@H]2CC(=O)N3CCC[C@H]3C(=O)N[C@H](CC(C)C)COc3ccccc3C(=O)N2)c1. The molecule has 0 aliphatic carbocycles. The predicted molar refractivity (Wildman–Crippen MR) is 158 cm³/mol. The van der Waals surface area contributed by atoms with Gasteiger partial charge in [-0.15, -0.1) is 0 Å². The topological polar surface area (TPSA) is 126 Å². The molecule has 2 aliphatic heterocycles. The molecule has 2 aliphatic rings. The molecule has 2 aromatic rings. The number of para-hydroxylation sites is 1. The number of nitrogens with one attached hydrogen (secondary N) is 3. The number of aryl methyl sites for hydroxylation is 1. The van der Waals surface area contributed by atoms with Crippen molar-refractivity contribution in [3.63, 3.8) is 0 Å². The standard InChI is InChI=1S/C32H42N4O6/c1-21(2)17-23-20-42-28-14-5-4-12-25(28)30(38)35-26(19-29(37)36-16-8-13-27(36)32(40)34-23)31(39)33-15-7-10-22-9-6-11-24(18-22)41-3/h4-6,9,11-12,14,18,21,23,26-27H,7-8,10,13,15-17,19-20H2,1-3H3,(H,33,39)(H,34,40)(H,35,38)/t23-,26+,27+/m1/s1. The van der Waals surface area contributed by atoms with Gasteiger partial charge in [0.15, 0.2) is 0 Å². The maximum absolute atomic E-state index is 13.5. The van der Waals surface area contributed by atoms with Gasteiger partial charge in [-0.05, 0) is 67.9 Å². The molecule has 1 saturated heterocycles. The van der Waals surface area contributed by atoms with Crippen molar-refractivity contribution >= 4 is 23.6 Å². The predicted octanol–water partition coefficient (Wildman–Crippen LogP) is 2.85. The molecule has 4 amide bonds. The summed E-state index contributed by atoms with van der Waals surface area (Å²) < 4.78 is 11.3. The van der Waals surface area contributed by atoms with E-state index in [-0.39, 0.29) is 36.4 Å². The van der Waals surface area contributed by atoms with Gasteiger partial charge in [0.1, 0.15) is 30.2 Å². The van der Waals surface area contributed by atoms with Gasteiger partial charge in [-0.2, -0.15) is 0 Å². The normalized spacial score (nSPS) is 21.4. The second-order valence-electron chi connectivity index (χ2n) is 11.4. The summed E-state index contributed by atoms with van der Waals surface area (Å²) in [5, 5.41) is 8.73. The molecule has 3 atom stereocenters. The molecule has 0 spiro atoms. The van der Waals surface area contributed by atoms with Gasteiger partial charge in [0.05, 0.1) is 25.1 Å². The number of amides is 4. The van der Waals surface area contributed by atoms with E-state index in [1.165, 1.54) is 4.90 Å². The summed E-state index contributed by atoms with van der Waals surface area (Å²) in [7, 11) is 1.62. The third-order valence-electron chi connectivity index (χ3n) is 7.63. The zero-order valence-corrected chi connectivity index (χ0v) is 24.7. The molecule has 10 nitrogen and oxygen atoms in total. The first kappa shape index (κ1) is 30.9. The van der Waals surface area contributed by atoms with Crippen LogP contribution in [-0.4, -0.2) is 73.5 Å². The second-order valence-corrected chi connectivity index (χ2v) is 11.4. The minimum Gasteiger partial charge on any atom is -0.497 e. The van der Waals surface area contributed by atoms with E-state index in [9.17, 15) is 19.2 Å². The van der Waals surface area contributed by atoms with E-state index < -0.39 is 23.9 Å². The lowest BCUT2D eigenvalue weighted by Gasteiger charge is -2.29. The van der Waals surface area contributed by atoms with E-state index in [4.69, 9.17) is 9.47 Å². The Morgan fingerprint density at radius 2 is 1.93 bits per heavy atom. The van der Waals surface area contributed by atoms with Crippen molar-refractivity contribution in [2.24, 2.45) is 5.92 Å². The van der Waals surface area contributed by atoms with Crippen LogP contribution in [0.3, 0.4) is 0 Å². The average molecular weight is 579 g/mol. The second kappa shape index (κ2) is 14.7. The van der Waals surface area contributed by atoms with E-state index in [1.807, 2.05) is 24.3 Å². The van der Waals surface area contributed by atoms with Crippen molar-refractivity contribution in [1.82, 2.24) is 20.9 Å². The van der Waals surface area contributed by atoms with Gasteiger partial charge in [-0.1, -0.05) is 38.1 Å². The molecular weight excluding hydrogens is 536 g/mol. The van der Waals surface area contributed by atoms with Crippen molar-refractivity contribution in [2.75, 3.05) is 26.8 Å². The fraction of sp³-hybridized carbons (Fsp3) is 0.500. The fourth-order valence-corrected chi connectivity index (χ4v) is 5.54. The van der Waals surface area contributed by atoms with Crippen molar-refractivity contribution < 1.29 is 28.7 Å². The lowest BCUT2D eigenvalue weighted by atomic mass is 10.0. The largest absolute Gasteiger partial charge is 0.497 e. The van der Waals surface area contributed by atoms with Crippen LogP contribution < -0.4 is 25.4 Å². The Labute approximate surface area is 247 Å². The van der Waals surface area contributed by atoms with Crippen LogP contribution in [0.1, 0.15) is 61.9 Å². The van der Waals surface area contributed by atoms with Crippen molar-refractivity contribution in [3.05, 3.63) is 59.7 Å². The summed E-state index contributed by atoms with van der Waals surface area (Å²) in [6, 6.07) is 12.5. The Balaban J connectivity index is 1.51. The Morgan fingerprint density at radius 1 is 1.12 bits per heavy atom. The molecule has 1 fully saturated rings. The van der Waals surface area contributed by atoms with Crippen molar-refractivity contribution in [1.29, 1.82) is 0 Å². The van der Waals surface area contributed by atoms with Gasteiger partial charge in [0.2, 0.25) is 17.7 Å². The van der Waals surface area contributed by atoms with E-state index >= 15 is 0 Å². The monoisotopic (exact) mass is 578 g/mol. The molecule has 0 saturated carbocycles. The van der Waals surface area contributed by atoms with E-state index in [2.05, 4.69) is 29.8 Å². The number of carbonyl (C=O) groups is 4. The van der Waals surface area contributed by atoms with Crippen LogP contribution in [0.5, 0.6) is 11.5 Å². The molecule has 4 rings (SSSR count). The molecule has 42 heavy (non-hydrogen) atoms. The zero-order chi connectivity index (χ0) is 30.1. The first-order valence-electron chi connectivity index (χ1n) is 14.8. The van der Waals surface area contributed by atoms with Gasteiger partial charge in [-0.3, -0.25) is 19.2 Å². The van der Waals surface area contributed by atoms with Crippen molar-refractivity contribution in [2.45, 2.75) is 70.5 Å². The number of ether oxygens (including phenoxy) is 2. The van der Waals surface area contributed by atoms with Crippen LogP contribution >= 0.6 is 0 Å². The van der Waals surface area contributed by atoms with Gasteiger partial charge < -0.3 is 30.3 Å². The lowest BCUT2D eigenvalue weighted by Crippen LogP contribution is -2.53. The third kappa shape index (κ3) is 8.24. The first-order chi connectivity index (χ1) is 20.2. The summed E-state index contributed by atoms with van der Waals surface area (Å²) in [4.78, 5) is 55.1. The number of fused-ring (bicyclic) bond motifs is 2.